The fourth-order valence-electron chi connectivity index (χ4n) is 3.28. The molecule has 0 amide bonds. The van der Waals surface area contributed by atoms with Crippen LogP contribution in [0.3, 0.4) is 0 Å². The summed E-state index contributed by atoms with van der Waals surface area (Å²) >= 11 is 2.26. The summed E-state index contributed by atoms with van der Waals surface area (Å²) in [4.78, 5) is 0. The van der Waals surface area contributed by atoms with Gasteiger partial charge < -0.3 is 0 Å². The van der Waals surface area contributed by atoms with Crippen LogP contribution in [0.5, 0.6) is 0 Å². The van der Waals surface area contributed by atoms with Crippen LogP contribution in [0, 0.1) is 5.92 Å². The third kappa shape index (κ3) is 8.33. The van der Waals surface area contributed by atoms with E-state index < -0.39 is 0 Å². The van der Waals surface area contributed by atoms with Crippen molar-refractivity contribution < 1.29 is 0 Å². The highest BCUT2D eigenvalue weighted by atomic mass is 32.2. The van der Waals surface area contributed by atoms with Crippen LogP contribution < -0.4 is 0 Å². The van der Waals surface area contributed by atoms with Gasteiger partial charge in [0.05, 0.1) is 0 Å². The third-order valence-corrected chi connectivity index (χ3v) is 6.60. The summed E-state index contributed by atoms with van der Waals surface area (Å²) in [5.41, 5.74) is 3.33. The van der Waals surface area contributed by atoms with Crippen LogP contribution in [0.4, 0.5) is 0 Å². The van der Waals surface area contributed by atoms with E-state index in [0.29, 0.717) is 0 Å². The average Bonchev–Trinajstić information content (AvgIpc) is 2.47. The van der Waals surface area contributed by atoms with Crippen molar-refractivity contribution in [1.82, 2.24) is 0 Å². The van der Waals surface area contributed by atoms with Crippen molar-refractivity contribution in [1.29, 1.82) is 0 Å². The molecule has 1 fully saturated rings. The Hall–Kier alpha value is 0.0900. The molecule has 0 aromatic rings. The lowest BCUT2D eigenvalue weighted by Gasteiger charge is -2.31. The summed E-state index contributed by atoms with van der Waals surface area (Å²) in [6, 6.07) is 0. The summed E-state index contributed by atoms with van der Waals surface area (Å²) in [6.07, 6.45) is 15.7. The molecule has 0 aromatic carbocycles. The van der Waals surface area contributed by atoms with Crippen LogP contribution in [0.25, 0.3) is 0 Å². The van der Waals surface area contributed by atoms with Gasteiger partial charge >= 0.3 is 0 Å². The zero-order valence-electron chi connectivity index (χ0n) is 15.0. The molecule has 0 spiro atoms. The maximum absolute atomic E-state index is 2.47. The minimum atomic E-state index is 0.896. The second-order valence-electron chi connectivity index (χ2n) is 7.21. The molecule has 0 aromatic heterocycles. The van der Waals surface area contributed by atoms with E-state index in [1.165, 1.54) is 76.4 Å². The van der Waals surface area contributed by atoms with Crippen molar-refractivity contribution in [3.05, 3.63) is 11.1 Å². The van der Waals surface area contributed by atoms with Gasteiger partial charge in [0.15, 0.2) is 0 Å². The molecule has 0 bridgehead atoms. The number of thioether (sulfide) groups is 1. The molecule has 124 valence electrons. The molecule has 1 rings (SSSR count). The van der Waals surface area contributed by atoms with Gasteiger partial charge in [0, 0.05) is 5.25 Å². The molecular formula is C20H38S. The van der Waals surface area contributed by atoms with Crippen molar-refractivity contribution in [3.8, 4) is 0 Å². The Balaban J connectivity index is 2.05. The van der Waals surface area contributed by atoms with E-state index in [9.17, 15) is 0 Å². The highest BCUT2D eigenvalue weighted by molar-refractivity contribution is 7.99. The normalized spacial score (nSPS) is 22.6. The quantitative estimate of drug-likeness (QED) is 0.299. The third-order valence-electron chi connectivity index (χ3n) is 5.02. The minimum absolute atomic E-state index is 0.896. The van der Waals surface area contributed by atoms with E-state index in [0.717, 1.165) is 11.2 Å². The van der Waals surface area contributed by atoms with Crippen LogP contribution in [-0.4, -0.2) is 11.0 Å². The molecule has 0 radical (unpaired) electrons. The van der Waals surface area contributed by atoms with Gasteiger partial charge in [0.25, 0.3) is 0 Å². The maximum atomic E-state index is 2.47. The van der Waals surface area contributed by atoms with E-state index >= 15 is 0 Å². The van der Waals surface area contributed by atoms with Gasteiger partial charge in [-0.3, -0.25) is 0 Å². The SMILES string of the molecule is CCCCCCCCCCSC1CC(=C(C)C)CCC1C. The van der Waals surface area contributed by atoms with Crippen molar-refractivity contribution in [2.75, 3.05) is 5.75 Å². The Bertz CT molecular complexity index is 288. The molecule has 1 saturated carbocycles. The van der Waals surface area contributed by atoms with Crippen molar-refractivity contribution in [2.45, 2.75) is 104 Å². The highest BCUT2D eigenvalue weighted by Crippen LogP contribution is 2.37. The van der Waals surface area contributed by atoms with Gasteiger partial charge in [-0.05, 0) is 51.2 Å². The smallest absolute Gasteiger partial charge is 0.0110 e. The summed E-state index contributed by atoms with van der Waals surface area (Å²) in [7, 11) is 0. The Kier molecular flexibility index (Phi) is 10.6. The van der Waals surface area contributed by atoms with Crippen molar-refractivity contribution in [3.63, 3.8) is 0 Å². The van der Waals surface area contributed by atoms with E-state index in [1.54, 1.807) is 11.1 Å². The maximum Gasteiger partial charge on any atom is 0.0110 e. The standard InChI is InChI=1S/C20H38S/c1-5-6-7-8-9-10-11-12-15-21-20-16-19(17(2)3)14-13-18(20)4/h18,20H,5-16H2,1-4H3. The van der Waals surface area contributed by atoms with Gasteiger partial charge in [-0.25, -0.2) is 0 Å². The molecule has 0 saturated heterocycles. The molecule has 1 aliphatic rings. The first-order valence-corrected chi connectivity index (χ1v) is 10.5. The zero-order valence-corrected chi connectivity index (χ0v) is 15.9. The molecule has 2 atom stereocenters. The topological polar surface area (TPSA) is 0 Å². The number of allylic oxidation sites excluding steroid dienone is 2. The largest absolute Gasteiger partial charge is 0.158 e. The van der Waals surface area contributed by atoms with Gasteiger partial charge in [-0.1, -0.05) is 69.9 Å². The number of rotatable bonds is 10. The predicted molar refractivity (Wildman–Crippen MR) is 100 cm³/mol. The Morgan fingerprint density at radius 1 is 1.00 bits per heavy atom. The lowest BCUT2D eigenvalue weighted by Crippen LogP contribution is -2.21. The lowest BCUT2D eigenvalue weighted by atomic mass is 9.85. The molecule has 21 heavy (non-hydrogen) atoms. The lowest BCUT2D eigenvalue weighted by molar-refractivity contribution is 0.454. The van der Waals surface area contributed by atoms with Crippen LogP contribution in [0.1, 0.15) is 98.3 Å². The first kappa shape index (κ1) is 19.1. The zero-order chi connectivity index (χ0) is 15.5. The monoisotopic (exact) mass is 310 g/mol. The minimum Gasteiger partial charge on any atom is -0.158 e. The summed E-state index contributed by atoms with van der Waals surface area (Å²) in [5.74, 6) is 2.31. The number of hydrogen-bond acceptors (Lipinski definition) is 1. The average molecular weight is 311 g/mol. The Morgan fingerprint density at radius 2 is 1.62 bits per heavy atom. The second-order valence-corrected chi connectivity index (χ2v) is 8.55. The fourth-order valence-corrected chi connectivity index (χ4v) is 4.74. The Morgan fingerprint density at radius 3 is 2.24 bits per heavy atom. The fraction of sp³-hybridized carbons (Fsp3) is 0.900. The van der Waals surface area contributed by atoms with Crippen LogP contribution in [-0.2, 0) is 0 Å². The van der Waals surface area contributed by atoms with E-state index in [4.69, 9.17) is 0 Å². The molecule has 1 heteroatoms. The highest BCUT2D eigenvalue weighted by Gasteiger charge is 2.24. The summed E-state index contributed by atoms with van der Waals surface area (Å²) in [6.45, 7) is 9.36. The van der Waals surface area contributed by atoms with Gasteiger partial charge in [0.2, 0.25) is 0 Å². The predicted octanol–water partition coefficient (Wildman–Crippen LogP) is 7.39. The molecule has 0 N–H and O–H groups in total. The van der Waals surface area contributed by atoms with Crippen molar-refractivity contribution >= 4 is 11.8 Å². The van der Waals surface area contributed by atoms with Gasteiger partial charge in [-0.15, -0.1) is 0 Å². The molecular weight excluding hydrogens is 272 g/mol. The van der Waals surface area contributed by atoms with E-state index in [1.807, 2.05) is 0 Å². The molecule has 1 aliphatic carbocycles. The number of unbranched alkanes of at least 4 members (excludes halogenated alkanes) is 7. The molecule has 0 aliphatic heterocycles. The second kappa shape index (κ2) is 11.6. The Labute approximate surface area is 138 Å². The molecule has 2 unspecified atom stereocenters. The van der Waals surface area contributed by atoms with Crippen LogP contribution in [0.15, 0.2) is 11.1 Å². The summed E-state index contributed by atoms with van der Waals surface area (Å²) in [5, 5.41) is 0.896. The van der Waals surface area contributed by atoms with Crippen LogP contribution >= 0.6 is 11.8 Å². The molecule has 0 nitrogen and oxygen atoms in total. The van der Waals surface area contributed by atoms with E-state index in [-0.39, 0.29) is 0 Å². The van der Waals surface area contributed by atoms with Gasteiger partial charge in [-0.2, -0.15) is 11.8 Å². The molecule has 0 heterocycles. The van der Waals surface area contributed by atoms with Crippen LogP contribution in [0.2, 0.25) is 0 Å². The van der Waals surface area contributed by atoms with Gasteiger partial charge in [0.1, 0.15) is 0 Å². The van der Waals surface area contributed by atoms with Crippen molar-refractivity contribution in [2.24, 2.45) is 5.92 Å². The summed E-state index contributed by atoms with van der Waals surface area (Å²) < 4.78 is 0. The number of hydrogen-bond donors (Lipinski definition) is 0. The van der Waals surface area contributed by atoms with E-state index in [2.05, 4.69) is 39.5 Å². The first-order valence-electron chi connectivity index (χ1n) is 9.42. The first-order chi connectivity index (χ1) is 10.1.